The SMILES string of the molecule is Cc1nc[nH]c1C(=O)NCCCOc1cccc(CN(C)C)c1. The molecule has 0 bridgehead atoms. The summed E-state index contributed by atoms with van der Waals surface area (Å²) in [4.78, 5) is 20.8. The van der Waals surface area contributed by atoms with Crippen molar-refractivity contribution in [2.75, 3.05) is 27.2 Å². The van der Waals surface area contributed by atoms with Gasteiger partial charge in [0.15, 0.2) is 0 Å². The number of aromatic amines is 1. The van der Waals surface area contributed by atoms with Crippen molar-refractivity contribution in [3.63, 3.8) is 0 Å². The van der Waals surface area contributed by atoms with Gasteiger partial charge in [0, 0.05) is 13.1 Å². The number of carbonyl (C=O) groups excluding carboxylic acids is 1. The minimum atomic E-state index is -0.131. The average molecular weight is 316 g/mol. The van der Waals surface area contributed by atoms with Gasteiger partial charge in [-0.1, -0.05) is 12.1 Å². The van der Waals surface area contributed by atoms with Crippen molar-refractivity contribution in [2.24, 2.45) is 0 Å². The van der Waals surface area contributed by atoms with Gasteiger partial charge in [-0.15, -0.1) is 0 Å². The lowest BCUT2D eigenvalue weighted by Gasteiger charge is -2.12. The number of amides is 1. The van der Waals surface area contributed by atoms with Gasteiger partial charge < -0.3 is 19.9 Å². The van der Waals surface area contributed by atoms with E-state index in [4.69, 9.17) is 4.74 Å². The molecule has 0 saturated heterocycles. The number of aryl methyl sites for hydroxylation is 1. The van der Waals surface area contributed by atoms with Gasteiger partial charge in [0.05, 0.1) is 18.6 Å². The summed E-state index contributed by atoms with van der Waals surface area (Å²) in [6.07, 6.45) is 2.27. The molecule has 0 spiro atoms. The van der Waals surface area contributed by atoms with Gasteiger partial charge in [0.25, 0.3) is 5.91 Å². The zero-order chi connectivity index (χ0) is 16.7. The molecule has 124 valence electrons. The van der Waals surface area contributed by atoms with Gasteiger partial charge in [0.1, 0.15) is 11.4 Å². The van der Waals surface area contributed by atoms with Crippen LogP contribution in [0.3, 0.4) is 0 Å². The number of aromatic nitrogens is 2. The van der Waals surface area contributed by atoms with E-state index in [2.05, 4.69) is 26.3 Å². The largest absolute Gasteiger partial charge is 0.494 e. The fourth-order valence-corrected chi connectivity index (χ4v) is 2.24. The van der Waals surface area contributed by atoms with Crippen LogP contribution in [0.5, 0.6) is 5.75 Å². The van der Waals surface area contributed by atoms with Gasteiger partial charge in [-0.25, -0.2) is 4.98 Å². The quantitative estimate of drug-likeness (QED) is 0.731. The number of hydrogen-bond donors (Lipinski definition) is 2. The summed E-state index contributed by atoms with van der Waals surface area (Å²) in [6.45, 7) is 3.81. The molecule has 6 nitrogen and oxygen atoms in total. The first-order valence-electron chi connectivity index (χ1n) is 7.71. The number of hydrogen-bond acceptors (Lipinski definition) is 4. The number of nitrogens with zero attached hydrogens (tertiary/aromatic N) is 2. The summed E-state index contributed by atoms with van der Waals surface area (Å²) in [6, 6.07) is 8.08. The lowest BCUT2D eigenvalue weighted by molar-refractivity contribution is 0.0946. The molecule has 0 saturated carbocycles. The summed E-state index contributed by atoms with van der Waals surface area (Å²) < 4.78 is 5.73. The molecule has 0 atom stereocenters. The molecule has 1 heterocycles. The zero-order valence-electron chi connectivity index (χ0n) is 13.9. The third-order valence-corrected chi connectivity index (χ3v) is 3.33. The summed E-state index contributed by atoms with van der Waals surface area (Å²) >= 11 is 0. The molecule has 6 heteroatoms. The summed E-state index contributed by atoms with van der Waals surface area (Å²) in [5, 5.41) is 2.85. The maximum Gasteiger partial charge on any atom is 0.269 e. The highest BCUT2D eigenvalue weighted by molar-refractivity contribution is 5.93. The Bertz CT molecular complexity index is 637. The van der Waals surface area contributed by atoms with E-state index in [1.165, 1.54) is 11.9 Å². The van der Waals surface area contributed by atoms with E-state index in [9.17, 15) is 4.79 Å². The normalized spacial score (nSPS) is 10.8. The molecule has 0 unspecified atom stereocenters. The Morgan fingerprint density at radius 1 is 1.39 bits per heavy atom. The van der Waals surface area contributed by atoms with Crippen molar-refractivity contribution in [1.29, 1.82) is 0 Å². The second-order valence-corrected chi connectivity index (χ2v) is 5.71. The number of imidazole rings is 1. The van der Waals surface area contributed by atoms with Crippen molar-refractivity contribution in [3.8, 4) is 5.75 Å². The predicted octanol–water partition coefficient (Wildman–Crippen LogP) is 1.98. The fraction of sp³-hybridized carbons (Fsp3) is 0.412. The Kier molecular flexibility index (Phi) is 6.17. The number of benzene rings is 1. The minimum absolute atomic E-state index is 0.131. The molecule has 0 aliphatic carbocycles. The molecule has 2 rings (SSSR count). The van der Waals surface area contributed by atoms with Crippen LogP contribution in [0.4, 0.5) is 0 Å². The molecule has 23 heavy (non-hydrogen) atoms. The van der Waals surface area contributed by atoms with Crippen molar-refractivity contribution in [1.82, 2.24) is 20.2 Å². The van der Waals surface area contributed by atoms with Crippen molar-refractivity contribution in [2.45, 2.75) is 19.9 Å². The molecular formula is C17H24N4O2. The van der Waals surface area contributed by atoms with Crippen LogP contribution in [0.15, 0.2) is 30.6 Å². The highest BCUT2D eigenvalue weighted by atomic mass is 16.5. The Balaban J connectivity index is 1.69. The number of carbonyl (C=O) groups is 1. The van der Waals surface area contributed by atoms with Gasteiger partial charge in [-0.05, 0) is 45.1 Å². The molecule has 0 aliphatic rings. The molecule has 1 amide bonds. The Morgan fingerprint density at radius 3 is 2.91 bits per heavy atom. The summed E-state index contributed by atoms with van der Waals surface area (Å²) in [5.41, 5.74) is 2.44. The first-order chi connectivity index (χ1) is 11.1. The van der Waals surface area contributed by atoms with Crippen molar-refractivity contribution >= 4 is 5.91 Å². The second kappa shape index (κ2) is 8.33. The minimum Gasteiger partial charge on any atom is -0.494 e. The molecule has 2 aromatic rings. The smallest absolute Gasteiger partial charge is 0.269 e. The van der Waals surface area contributed by atoms with Crippen LogP contribution in [0, 0.1) is 6.92 Å². The van der Waals surface area contributed by atoms with Crippen LogP contribution in [-0.2, 0) is 6.54 Å². The maximum absolute atomic E-state index is 11.9. The van der Waals surface area contributed by atoms with Crippen molar-refractivity contribution < 1.29 is 9.53 Å². The lowest BCUT2D eigenvalue weighted by atomic mass is 10.2. The predicted molar refractivity (Wildman–Crippen MR) is 89.6 cm³/mol. The number of rotatable bonds is 8. The summed E-state index contributed by atoms with van der Waals surface area (Å²) in [5.74, 6) is 0.730. The van der Waals surface area contributed by atoms with Gasteiger partial charge in [-0.3, -0.25) is 4.79 Å². The van der Waals surface area contributed by atoms with Crippen LogP contribution in [0.25, 0.3) is 0 Å². The molecule has 0 fully saturated rings. The maximum atomic E-state index is 11.9. The monoisotopic (exact) mass is 316 g/mol. The highest BCUT2D eigenvalue weighted by Crippen LogP contribution is 2.14. The van der Waals surface area contributed by atoms with Crippen molar-refractivity contribution in [3.05, 3.63) is 47.5 Å². The van der Waals surface area contributed by atoms with E-state index in [-0.39, 0.29) is 5.91 Å². The number of H-pyrrole nitrogens is 1. The third-order valence-electron chi connectivity index (χ3n) is 3.33. The standard InChI is InChI=1S/C17H24N4O2/c1-13-16(20-12-19-13)17(22)18-8-5-9-23-15-7-4-6-14(10-15)11-21(2)3/h4,6-7,10,12H,5,8-9,11H2,1-3H3,(H,18,22)(H,19,20). The number of ether oxygens (including phenoxy) is 1. The Labute approximate surface area is 136 Å². The first-order valence-corrected chi connectivity index (χ1v) is 7.71. The number of nitrogens with one attached hydrogen (secondary N) is 2. The van der Waals surface area contributed by atoms with Gasteiger partial charge >= 0.3 is 0 Å². The lowest BCUT2D eigenvalue weighted by Crippen LogP contribution is -2.26. The van der Waals surface area contributed by atoms with Crippen LogP contribution in [0.2, 0.25) is 0 Å². The first kappa shape index (κ1) is 17.0. The van der Waals surface area contributed by atoms with Crippen LogP contribution in [-0.4, -0.2) is 48.0 Å². The van der Waals surface area contributed by atoms with E-state index in [0.717, 1.165) is 18.7 Å². The van der Waals surface area contributed by atoms with Gasteiger partial charge in [0.2, 0.25) is 0 Å². The van der Waals surface area contributed by atoms with Crippen LogP contribution >= 0.6 is 0 Å². The summed E-state index contributed by atoms with van der Waals surface area (Å²) in [7, 11) is 4.08. The fourth-order valence-electron chi connectivity index (χ4n) is 2.24. The highest BCUT2D eigenvalue weighted by Gasteiger charge is 2.09. The van der Waals surface area contributed by atoms with E-state index >= 15 is 0 Å². The molecule has 0 aliphatic heterocycles. The Hall–Kier alpha value is -2.34. The molecule has 0 radical (unpaired) electrons. The van der Waals surface area contributed by atoms with E-state index in [1.54, 1.807) is 6.92 Å². The average Bonchev–Trinajstić information content (AvgIpc) is 2.92. The molecule has 1 aromatic heterocycles. The third kappa shape index (κ3) is 5.41. The van der Waals surface area contributed by atoms with E-state index in [1.807, 2.05) is 32.3 Å². The Morgan fingerprint density at radius 2 is 2.22 bits per heavy atom. The molecule has 1 aromatic carbocycles. The van der Waals surface area contributed by atoms with E-state index in [0.29, 0.717) is 24.5 Å². The molecule has 2 N–H and O–H groups in total. The zero-order valence-corrected chi connectivity index (χ0v) is 13.9. The van der Waals surface area contributed by atoms with E-state index < -0.39 is 0 Å². The van der Waals surface area contributed by atoms with Gasteiger partial charge in [-0.2, -0.15) is 0 Å². The second-order valence-electron chi connectivity index (χ2n) is 5.71. The topological polar surface area (TPSA) is 70.2 Å². The van der Waals surface area contributed by atoms with Crippen LogP contribution in [0.1, 0.15) is 28.2 Å². The molecular weight excluding hydrogens is 292 g/mol. The van der Waals surface area contributed by atoms with Crippen LogP contribution < -0.4 is 10.1 Å².